The lowest BCUT2D eigenvalue weighted by Crippen LogP contribution is -2.33. The number of amides is 1. The topological polar surface area (TPSA) is 63.9 Å². The van der Waals surface area contributed by atoms with Gasteiger partial charge in [-0.3, -0.25) is 4.79 Å². The van der Waals surface area contributed by atoms with Crippen LogP contribution in [0.3, 0.4) is 0 Å². The maximum atomic E-state index is 12.9. The van der Waals surface area contributed by atoms with Gasteiger partial charge in [0.25, 0.3) is 0 Å². The van der Waals surface area contributed by atoms with E-state index < -0.39 is 0 Å². The van der Waals surface area contributed by atoms with Gasteiger partial charge in [-0.25, -0.2) is 0 Å². The summed E-state index contributed by atoms with van der Waals surface area (Å²) in [6.07, 6.45) is 0. The summed E-state index contributed by atoms with van der Waals surface area (Å²) in [4.78, 5) is 18.4. The lowest BCUT2D eigenvalue weighted by Gasteiger charge is -2.21. The van der Waals surface area contributed by atoms with E-state index in [0.29, 0.717) is 18.9 Å². The van der Waals surface area contributed by atoms with Crippen molar-refractivity contribution in [3.8, 4) is 11.4 Å². The minimum absolute atomic E-state index is 0.0335. The first kappa shape index (κ1) is 17.6. The zero-order valence-electron chi connectivity index (χ0n) is 14.4. The summed E-state index contributed by atoms with van der Waals surface area (Å²) in [6.45, 7) is 1.22. The molecule has 0 bridgehead atoms. The van der Waals surface area contributed by atoms with Gasteiger partial charge in [0, 0.05) is 15.3 Å². The fraction of sp³-hybridized carbons (Fsp3) is 0.158. The Morgan fingerprint density at radius 1 is 0.926 bits per heavy atom. The number of tetrazole rings is 1. The minimum Gasteiger partial charge on any atom is -0.331 e. The number of benzene rings is 1. The molecule has 3 heterocycles. The fourth-order valence-electron chi connectivity index (χ4n) is 2.65. The standard InChI is InChI=1S/C19H17N5OS2/c25-18(14-24-21-19(20-22-24)15-6-2-1-3-7-15)23(12-16-8-4-10-26-16)13-17-9-5-11-27-17/h1-11H,12-14H2. The Kier molecular flexibility index (Phi) is 5.36. The van der Waals surface area contributed by atoms with Gasteiger partial charge in [0.2, 0.25) is 11.7 Å². The van der Waals surface area contributed by atoms with E-state index in [4.69, 9.17) is 0 Å². The smallest absolute Gasteiger partial charge is 0.246 e. The Balaban J connectivity index is 1.48. The van der Waals surface area contributed by atoms with E-state index in [2.05, 4.69) is 15.4 Å². The number of nitrogens with zero attached hydrogens (tertiary/aromatic N) is 5. The zero-order valence-corrected chi connectivity index (χ0v) is 16.1. The van der Waals surface area contributed by atoms with E-state index >= 15 is 0 Å². The van der Waals surface area contributed by atoms with Crippen LogP contribution in [0.5, 0.6) is 0 Å². The lowest BCUT2D eigenvalue weighted by atomic mass is 10.2. The van der Waals surface area contributed by atoms with Gasteiger partial charge < -0.3 is 4.90 Å². The van der Waals surface area contributed by atoms with Crippen LogP contribution in [0.15, 0.2) is 65.4 Å². The van der Waals surface area contributed by atoms with Crippen LogP contribution < -0.4 is 0 Å². The molecule has 6 nitrogen and oxygen atoms in total. The second kappa shape index (κ2) is 8.24. The normalized spacial score (nSPS) is 10.8. The molecule has 1 aromatic carbocycles. The van der Waals surface area contributed by atoms with Gasteiger partial charge in [0.15, 0.2) is 0 Å². The van der Waals surface area contributed by atoms with Gasteiger partial charge in [-0.1, -0.05) is 42.5 Å². The Labute approximate surface area is 164 Å². The Morgan fingerprint density at radius 3 is 2.19 bits per heavy atom. The highest BCUT2D eigenvalue weighted by Gasteiger charge is 2.18. The molecule has 136 valence electrons. The van der Waals surface area contributed by atoms with Crippen LogP contribution in [-0.4, -0.2) is 31.0 Å². The molecule has 0 atom stereocenters. The van der Waals surface area contributed by atoms with Gasteiger partial charge in [0.1, 0.15) is 6.54 Å². The summed E-state index contributed by atoms with van der Waals surface area (Å²) in [5.74, 6) is 0.486. The van der Waals surface area contributed by atoms with Gasteiger partial charge in [-0.05, 0) is 28.1 Å². The quantitative estimate of drug-likeness (QED) is 0.479. The van der Waals surface area contributed by atoms with E-state index in [1.165, 1.54) is 4.80 Å². The third-order valence-electron chi connectivity index (χ3n) is 3.97. The molecule has 0 unspecified atom stereocenters. The van der Waals surface area contributed by atoms with Crippen molar-refractivity contribution >= 4 is 28.6 Å². The fourth-order valence-corrected chi connectivity index (χ4v) is 4.09. The summed E-state index contributed by atoms with van der Waals surface area (Å²) in [5, 5.41) is 16.5. The third kappa shape index (κ3) is 4.47. The van der Waals surface area contributed by atoms with Crippen LogP contribution in [0.2, 0.25) is 0 Å². The predicted molar refractivity (Wildman–Crippen MR) is 106 cm³/mol. The van der Waals surface area contributed by atoms with Crippen molar-refractivity contribution in [2.75, 3.05) is 0 Å². The van der Waals surface area contributed by atoms with Crippen LogP contribution in [0, 0.1) is 0 Å². The Bertz CT molecular complexity index is 944. The van der Waals surface area contributed by atoms with Crippen molar-refractivity contribution in [3.63, 3.8) is 0 Å². The van der Waals surface area contributed by atoms with Crippen LogP contribution in [0.25, 0.3) is 11.4 Å². The number of thiophene rings is 2. The molecule has 0 saturated carbocycles. The first-order valence-corrected chi connectivity index (χ1v) is 10.2. The molecular weight excluding hydrogens is 378 g/mol. The van der Waals surface area contributed by atoms with E-state index in [1.54, 1.807) is 22.7 Å². The number of carbonyl (C=O) groups is 1. The van der Waals surface area contributed by atoms with E-state index in [0.717, 1.165) is 15.3 Å². The number of carbonyl (C=O) groups excluding carboxylic acids is 1. The summed E-state index contributed by atoms with van der Waals surface area (Å²) >= 11 is 3.30. The highest BCUT2D eigenvalue weighted by molar-refractivity contribution is 7.10. The maximum absolute atomic E-state index is 12.9. The summed E-state index contributed by atoms with van der Waals surface area (Å²) in [6, 6.07) is 17.7. The lowest BCUT2D eigenvalue weighted by molar-refractivity contribution is -0.133. The van der Waals surface area contributed by atoms with Crippen LogP contribution in [0.4, 0.5) is 0 Å². The molecule has 8 heteroatoms. The molecule has 0 aliphatic heterocycles. The SMILES string of the molecule is O=C(Cn1nnc(-c2ccccc2)n1)N(Cc1cccs1)Cc1cccs1. The zero-order chi connectivity index (χ0) is 18.5. The Morgan fingerprint density at radius 2 is 1.59 bits per heavy atom. The molecule has 0 spiro atoms. The highest BCUT2D eigenvalue weighted by Crippen LogP contribution is 2.18. The molecular formula is C19H17N5OS2. The van der Waals surface area contributed by atoms with Gasteiger partial charge in [0.05, 0.1) is 13.1 Å². The number of hydrogen-bond donors (Lipinski definition) is 0. The molecule has 3 aromatic heterocycles. The Hall–Kier alpha value is -2.84. The van der Waals surface area contributed by atoms with Crippen molar-refractivity contribution < 1.29 is 4.79 Å². The number of hydrogen-bond acceptors (Lipinski definition) is 6. The van der Waals surface area contributed by atoms with Crippen molar-refractivity contribution in [2.45, 2.75) is 19.6 Å². The third-order valence-corrected chi connectivity index (χ3v) is 5.69. The van der Waals surface area contributed by atoms with Crippen molar-refractivity contribution in [2.24, 2.45) is 0 Å². The monoisotopic (exact) mass is 395 g/mol. The van der Waals surface area contributed by atoms with Gasteiger partial charge in [-0.2, -0.15) is 4.80 Å². The molecule has 4 aromatic rings. The molecule has 0 fully saturated rings. The number of rotatable bonds is 7. The van der Waals surface area contributed by atoms with Crippen LogP contribution >= 0.6 is 22.7 Å². The molecule has 0 aliphatic carbocycles. The van der Waals surface area contributed by atoms with E-state index in [9.17, 15) is 4.79 Å². The number of aromatic nitrogens is 4. The average Bonchev–Trinajstić information content (AvgIpc) is 3.45. The molecule has 4 rings (SSSR count). The van der Waals surface area contributed by atoms with Crippen molar-refractivity contribution in [1.29, 1.82) is 0 Å². The van der Waals surface area contributed by atoms with Crippen LogP contribution in [-0.2, 0) is 24.4 Å². The second-order valence-corrected chi connectivity index (χ2v) is 7.98. The maximum Gasteiger partial charge on any atom is 0.246 e. The second-order valence-electron chi connectivity index (χ2n) is 5.92. The largest absolute Gasteiger partial charge is 0.331 e. The van der Waals surface area contributed by atoms with Crippen molar-refractivity contribution in [3.05, 3.63) is 75.1 Å². The average molecular weight is 396 g/mol. The summed E-state index contributed by atoms with van der Waals surface area (Å²) in [7, 11) is 0. The van der Waals surface area contributed by atoms with Gasteiger partial charge >= 0.3 is 0 Å². The summed E-state index contributed by atoms with van der Waals surface area (Å²) < 4.78 is 0. The summed E-state index contributed by atoms with van der Waals surface area (Å²) in [5.41, 5.74) is 0.880. The molecule has 0 radical (unpaired) electrons. The molecule has 0 saturated heterocycles. The van der Waals surface area contributed by atoms with Gasteiger partial charge in [-0.15, -0.1) is 32.9 Å². The van der Waals surface area contributed by atoms with E-state index in [1.807, 2.05) is 70.3 Å². The van der Waals surface area contributed by atoms with E-state index in [-0.39, 0.29) is 12.5 Å². The molecule has 27 heavy (non-hydrogen) atoms. The highest BCUT2D eigenvalue weighted by atomic mass is 32.1. The molecule has 0 N–H and O–H groups in total. The minimum atomic E-state index is -0.0335. The van der Waals surface area contributed by atoms with Crippen molar-refractivity contribution in [1.82, 2.24) is 25.1 Å². The first-order chi connectivity index (χ1) is 13.3. The predicted octanol–water partition coefficient (Wildman–Crippen LogP) is 3.69. The van der Waals surface area contributed by atoms with Crippen LogP contribution in [0.1, 0.15) is 9.75 Å². The molecule has 0 aliphatic rings. The first-order valence-electron chi connectivity index (χ1n) is 8.44. The molecule has 1 amide bonds.